The Balaban J connectivity index is 2.99. The molecule has 90 valence electrons. The van der Waals surface area contributed by atoms with Crippen LogP contribution in [-0.2, 0) is 4.74 Å². The molecule has 1 atom stereocenters. The molecule has 0 bridgehead atoms. The van der Waals surface area contributed by atoms with E-state index in [0.717, 1.165) is 16.9 Å². The summed E-state index contributed by atoms with van der Waals surface area (Å²) >= 11 is 0. The maximum Gasteiger partial charge on any atom is 0.126 e. The zero-order valence-electron chi connectivity index (χ0n) is 10.5. The Morgan fingerprint density at radius 2 is 2.00 bits per heavy atom. The minimum atomic E-state index is -0.130. The van der Waals surface area contributed by atoms with Crippen molar-refractivity contribution in [1.29, 1.82) is 0 Å². The van der Waals surface area contributed by atoms with Crippen LogP contribution in [0.5, 0.6) is 5.75 Å². The third kappa shape index (κ3) is 2.74. The average molecular weight is 223 g/mol. The highest BCUT2D eigenvalue weighted by molar-refractivity contribution is 5.46. The van der Waals surface area contributed by atoms with Crippen molar-refractivity contribution < 1.29 is 9.47 Å². The van der Waals surface area contributed by atoms with Gasteiger partial charge in [-0.05, 0) is 31.9 Å². The van der Waals surface area contributed by atoms with E-state index in [1.807, 2.05) is 19.9 Å². The number of methoxy groups -OCH3 is 1. The van der Waals surface area contributed by atoms with Gasteiger partial charge in [0, 0.05) is 12.2 Å². The number of ether oxygens (including phenoxy) is 2. The maximum atomic E-state index is 6.07. The van der Waals surface area contributed by atoms with E-state index in [0.29, 0.717) is 13.2 Å². The fraction of sp³-hybridized carbons (Fsp3) is 0.538. The molecule has 2 N–H and O–H groups in total. The molecule has 0 aromatic heterocycles. The van der Waals surface area contributed by atoms with Crippen molar-refractivity contribution in [2.24, 2.45) is 5.73 Å². The number of aryl methyl sites for hydroxylation is 1. The van der Waals surface area contributed by atoms with Gasteiger partial charge in [0.2, 0.25) is 0 Å². The fourth-order valence-corrected chi connectivity index (χ4v) is 1.71. The molecule has 0 aliphatic rings. The third-order valence-electron chi connectivity index (χ3n) is 2.81. The van der Waals surface area contributed by atoms with Crippen molar-refractivity contribution in [3.63, 3.8) is 0 Å². The molecule has 1 rings (SSSR count). The van der Waals surface area contributed by atoms with Crippen LogP contribution in [0.1, 0.15) is 29.7 Å². The van der Waals surface area contributed by atoms with Gasteiger partial charge in [-0.2, -0.15) is 0 Å². The molecular weight excluding hydrogens is 202 g/mol. The van der Waals surface area contributed by atoms with Gasteiger partial charge in [-0.3, -0.25) is 0 Å². The molecular formula is C13H21NO2. The summed E-state index contributed by atoms with van der Waals surface area (Å²) in [5.41, 5.74) is 9.44. The summed E-state index contributed by atoms with van der Waals surface area (Å²) in [5, 5.41) is 0. The largest absolute Gasteiger partial charge is 0.496 e. The van der Waals surface area contributed by atoms with Crippen LogP contribution in [0.3, 0.4) is 0 Å². The highest BCUT2D eigenvalue weighted by atomic mass is 16.5. The zero-order chi connectivity index (χ0) is 12.1. The Labute approximate surface area is 97.6 Å². The number of hydrogen-bond acceptors (Lipinski definition) is 3. The molecule has 16 heavy (non-hydrogen) atoms. The second-order valence-corrected chi connectivity index (χ2v) is 3.90. The number of rotatable bonds is 5. The molecule has 0 aliphatic carbocycles. The molecule has 0 amide bonds. The first-order valence-electron chi connectivity index (χ1n) is 5.59. The second-order valence-electron chi connectivity index (χ2n) is 3.90. The molecule has 1 aromatic rings. The summed E-state index contributed by atoms with van der Waals surface area (Å²) < 4.78 is 10.8. The predicted octanol–water partition coefficient (Wildman–Crippen LogP) is 2.35. The SMILES string of the molecule is CCOCC(N)c1ccc(C)c(C)c1OC. The van der Waals surface area contributed by atoms with Crippen molar-refractivity contribution in [3.8, 4) is 5.75 Å². The summed E-state index contributed by atoms with van der Waals surface area (Å²) in [4.78, 5) is 0. The number of nitrogens with two attached hydrogens (primary N) is 1. The smallest absolute Gasteiger partial charge is 0.126 e. The van der Waals surface area contributed by atoms with E-state index in [-0.39, 0.29) is 6.04 Å². The minimum Gasteiger partial charge on any atom is -0.496 e. The Morgan fingerprint density at radius 3 is 2.56 bits per heavy atom. The average Bonchev–Trinajstić information content (AvgIpc) is 2.29. The van der Waals surface area contributed by atoms with Gasteiger partial charge in [0.25, 0.3) is 0 Å². The summed E-state index contributed by atoms with van der Waals surface area (Å²) in [5.74, 6) is 0.882. The normalized spacial score (nSPS) is 12.6. The number of benzene rings is 1. The summed E-state index contributed by atoms with van der Waals surface area (Å²) in [6.07, 6.45) is 0. The predicted molar refractivity (Wildman–Crippen MR) is 65.9 cm³/mol. The molecule has 0 heterocycles. The molecule has 1 unspecified atom stereocenters. The Kier molecular flexibility index (Phi) is 4.77. The lowest BCUT2D eigenvalue weighted by atomic mass is 10.00. The van der Waals surface area contributed by atoms with Crippen LogP contribution < -0.4 is 10.5 Å². The van der Waals surface area contributed by atoms with Crippen LogP contribution in [0.2, 0.25) is 0 Å². The summed E-state index contributed by atoms with van der Waals surface area (Å²) in [6.45, 7) is 7.28. The molecule has 0 aliphatic heterocycles. The van der Waals surface area contributed by atoms with E-state index >= 15 is 0 Å². The van der Waals surface area contributed by atoms with Gasteiger partial charge >= 0.3 is 0 Å². The molecule has 0 spiro atoms. The molecule has 0 saturated carbocycles. The van der Waals surface area contributed by atoms with Gasteiger partial charge in [0.15, 0.2) is 0 Å². The lowest BCUT2D eigenvalue weighted by Crippen LogP contribution is -2.18. The van der Waals surface area contributed by atoms with E-state index < -0.39 is 0 Å². The van der Waals surface area contributed by atoms with E-state index in [9.17, 15) is 0 Å². The first-order valence-corrected chi connectivity index (χ1v) is 5.59. The van der Waals surface area contributed by atoms with Crippen molar-refractivity contribution in [1.82, 2.24) is 0 Å². The maximum absolute atomic E-state index is 6.07. The Bertz CT molecular complexity index is 350. The van der Waals surface area contributed by atoms with Crippen LogP contribution in [-0.4, -0.2) is 20.3 Å². The molecule has 0 fully saturated rings. The Morgan fingerprint density at radius 1 is 1.31 bits per heavy atom. The van der Waals surface area contributed by atoms with Gasteiger partial charge in [-0.15, -0.1) is 0 Å². The highest BCUT2D eigenvalue weighted by Crippen LogP contribution is 2.29. The highest BCUT2D eigenvalue weighted by Gasteiger charge is 2.14. The van der Waals surface area contributed by atoms with E-state index in [1.54, 1.807) is 7.11 Å². The molecule has 0 saturated heterocycles. The van der Waals surface area contributed by atoms with Gasteiger partial charge in [0.1, 0.15) is 5.75 Å². The topological polar surface area (TPSA) is 44.5 Å². The van der Waals surface area contributed by atoms with Crippen LogP contribution in [0.4, 0.5) is 0 Å². The summed E-state index contributed by atoms with van der Waals surface area (Å²) in [6, 6.07) is 3.96. The van der Waals surface area contributed by atoms with Crippen LogP contribution in [0.15, 0.2) is 12.1 Å². The standard InChI is InChI=1S/C13H21NO2/c1-5-16-8-12(14)11-7-6-9(2)10(3)13(11)15-4/h6-7,12H,5,8,14H2,1-4H3. The lowest BCUT2D eigenvalue weighted by Gasteiger charge is -2.18. The second kappa shape index (κ2) is 5.87. The zero-order valence-corrected chi connectivity index (χ0v) is 10.5. The number of hydrogen-bond donors (Lipinski definition) is 1. The van der Waals surface area contributed by atoms with Gasteiger partial charge in [0.05, 0.1) is 19.8 Å². The molecule has 3 nitrogen and oxygen atoms in total. The van der Waals surface area contributed by atoms with Crippen molar-refractivity contribution >= 4 is 0 Å². The summed E-state index contributed by atoms with van der Waals surface area (Å²) in [7, 11) is 1.68. The quantitative estimate of drug-likeness (QED) is 0.833. The fourth-order valence-electron chi connectivity index (χ4n) is 1.71. The van der Waals surface area contributed by atoms with Gasteiger partial charge < -0.3 is 15.2 Å². The third-order valence-corrected chi connectivity index (χ3v) is 2.81. The lowest BCUT2D eigenvalue weighted by molar-refractivity contribution is 0.132. The van der Waals surface area contributed by atoms with Gasteiger partial charge in [-0.1, -0.05) is 12.1 Å². The first kappa shape index (κ1) is 13.0. The van der Waals surface area contributed by atoms with Crippen molar-refractivity contribution in [2.75, 3.05) is 20.3 Å². The van der Waals surface area contributed by atoms with E-state index in [1.165, 1.54) is 5.56 Å². The van der Waals surface area contributed by atoms with Crippen LogP contribution in [0.25, 0.3) is 0 Å². The van der Waals surface area contributed by atoms with E-state index in [4.69, 9.17) is 15.2 Å². The molecule has 1 aromatic carbocycles. The van der Waals surface area contributed by atoms with Crippen molar-refractivity contribution in [3.05, 3.63) is 28.8 Å². The monoisotopic (exact) mass is 223 g/mol. The molecule has 3 heteroatoms. The van der Waals surface area contributed by atoms with Crippen LogP contribution >= 0.6 is 0 Å². The first-order chi connectivity index (χ1) is 7.61. The Hall–Kier alpha value is -1.06. The molecule has 0 radical (unpaired) electrons. The van der Waals surface area contributed by atoms with Crippen molar-refractivity contribution in [2.45, 2.75) is 26.8 Å². The van der Waals surface area contributed by atoms with Gasteiger partial charge in [-0.25, -0.2) is 0 Å². The van der Waals surface area contributed by atoms with E-state index in [2.05, 4.69) is 13.0 Å². The van der Waals surface area contributed by atoms with Crippen LogP contribution in [0, 0.1) is 13.8 Å². The minimum absolute atomic E-state index is 0.130.